The molecule has 1 heterocycles. The molecule has 0 aliphatic heterocycles. The molecule has 2 N–H and O–H groups in total. The van der Waals surface area contributed by atoms with E-state index in [1.807, 2.05) is 43.3 Å². The lowest BCUT2D eigenvalue weighted by atomic mass is 9.76. The van der Waals surface area contributed by atoms with Gasteiger partial charge in [0.15, 0.2) is 10.9 Å². The van der Waals surface area contributed by atoms with Crippen LogP contribution >= 0.6 is 11.3 Å². The molecular weight excluding hydrogens is 451 g/mol. The molecule has 2 aromatic carbocycles. The minimum Gasteiger partial charge on any atom is -0.481 e. The number of benzene rings is 2. The Morgan fingerprint density at radius 3 is 2.56 bits per heavy atom. The second-order valence-corrected chi connectivity index (χ2v) is 10.1. The number of carbonyl (C=O) groups excluding carboxylic acids is 1. The number of hydrogen-bond donors (Lipinski definition) is 2. The van der Waals surface area contributed by atoms with E-state index >= 15 is 0 Å². The molecule has 174 valence electrons. The molecule has 2 atom stereocenters. The lowest BCUT2D eigenvalue weighted by Gasteiger charge is -2.34. The van der Waals surface area contributed by atoms with Gasteiger partial charge in [-0.15, -0.1) is 0 Å². The van der Waals surface area contributed by atoms with Crippen LogP contribution < -0.4 is 5.32 Å². The van der Waals surface area contributed by atoms with Gasteiger partial charge in [0.1, 0.15) is 11.4 Å². The van der Waals surface area contributed by atoms with Gasteiger partial charge in [-0.1, -0.05) is 66.3 Å². The van der Waals surface area contributed by atoms with Gasteiger partial charge >= 0.3 is 5.97 Å². The summed E-state index contributed by atoms with van der Waals surface area (Å²) in [5, 5.41) is 13.6. The van der Waals surface area contributed by atoms with E-state index in [4.69, 9.17) is 4.98 Å². The Labute approximate surface area is 201 Å². The maximum atomic E-state index is 13.9. The van der Waals surface area contributed by atoms with E-state index in [2.05, 4.69) is 5.32 Å². The molecule has 7 heteroatoms. The number of nitrogens with one attached hydrogen (secondary N) is 1. The Kier molecular flexibility index (Phi) is 5.81. The summed E-state index contributed by atoms with van der Waals surface area (Å²) in [6.45, 7) is 1.99. The fourth-order valence-corrected chi connectivity index (χ4v) is 6.08. The van der Waals surface area contributed by atoms with Crippen LogP contribution in [0.25, 0.3) is 10.2 Å². The average Bonchev–Trinajstić information content (AvgIpc) is 3.47. The normalized spacial score (nSPS) is 26.1. The van der Waals surface area contributed by atoms with E-state index in [1.54, 1.807) is 18.2 Å². The number of allylic oxidation sites excluding steroid dienone is 2. The summed E-state index contributed by atoms with van der Waals surface area (Å²) in [4.78, 5) is 30.5. The molecule has 34 heavy (non-hydrogen) atoms. The Morgan fingerprint density at radius 1 is 1.12 bits per heavy atom. The summed E-state index contributed by atoms with van der Waals surface area (Å²) in [7, 11) is 0. The Balaban J connectivity index is 1.52. The number of ketones is 1. The first-order chi connectivity index (χ1) is 16.4. The van der Waals surface area contributed by atoms with E-state index in [0.717, 1.165) is 21.3 Å². The zero-order chi connectivity index (χ0) is 23.9. The van der Waals surface area contributed by atoms with Crippen molar-refractivity contribution >= 4 is 38.4 Å². The SMILES string of the molecule is Cc1cccc2sc(NC3(C(=O)[C@@H]4CCC[C@H]4C(=O)O)C=CC(c4cccc(F)c4)C=C3)nc12. The molecule has 1 fully saturated rings. The number of para-hydroxylation sites is 1. The zero-order valence-corrected chi connectivity index (χ0v) is 19.5. The van der Waals surface area contributed by atoms with Crippen molar-refractivity contribution in [2.75, 3.05) is 5.32 Å². The molecule has 0 bridgehead atoms. The minimum absolute atomic E-state index is 0.168. The zero-order valence-electron chi connectivity index (χ0n) is 18.7. The van der Waals surface area contributed by atoms with Crippen LogP contribution in [0.4, 0.5) is 9.52 Å². The van der Waals surface area contributed by atoms with Crippen molar-refractivity contribution in [3.05, 3.63) is 83.7 Å². The first kappa shape index (κ1) is 22.5. The number of thiazole rings is 1. The Morgan fingerprint density at radius 2 is 1.85 bits per heavy atom. The van der Waals surface area contributed by atoms with Gasteiger partial charge in [0.2, 0.25) is 0 Å². The van der Waals surface area contributed by atoms with Gasteiger partial charge in [-0.25, -0.2) is 9.37 Å². The molecule has 0 spiro atoms. The molecular formula is C27H25FN2O3S. The van der Waals surface area contributed by atoms with E-state index < -0.39 is 23.3 Å². The van der Waals surface area contributed by atoms with E-state index in [9.17, 15) is 19.1 Å². The molecule has 0 unspecified atom stereocenters. The summed E-state index contributed by atoms with van der Waals surface area (Å²) in [5.74, 6) is -2.87. The van der Waals surface area contributed by atoms with Crippen LogP contribution in [0, 0.1) is 24.6 Å². The fourth-order valence-electron chi connectivity index (χ4n) is 5.07. The van der Waals surface area contributed by atoms with Gasteiger partial charge in [0.25, 0.3) is 0 Å². The second-order valence-electron chi connectivity index (χ2n) is 9.08. The van der Waals surface area contributed by atoms with Crippen LogP contribution in [-0.2, 0) is 9.59 Å². The number of hydrogen-bond acceptors (Lipinski definition) is 5. The summed E-state index contributed by atoms with van der Waals surface area (Å²) < 4.78 is 14.8. The minimum atomic E-state index is -1.21. The van der Waals surface area contributed by atoms with Crippen molar-refractivity contribution in [1.82, 2.24) is 4.98 Å². The molecule has 0 amide bonds. The number of aryl methyl sites for hydroxylation is 1. The number of carboxylic acids is 1. The largest absolute Gasteiger partial charge is 0.481 e. The molecule has 5 rings (SSSR count). The Hall–Kier alpha value is -3.32. The van der Waals surface area contributed by atoms with Gasteiger partial charge in [-0.05, 0) is 49.1 Å². The number of fused-ring (bicyclic) bond motifs is 1. The quantitative estimate of drug-likeness (QED) is 0.435. The van der Waals surface area contributed by atoms with Crippen molar-refractivity contribution in [2.45, 2.75) is 37.6 Å². The molecule has 3 aromatic rings. The van der Waals surface area contributed by atoms with E-state index in [0.29, 0.717) is 24.4 Å². The number of Topliss-reactive ketones (excluding diaryl/α,β-unsaturated/α-hetero) is 1. The van der Waals surface area contributed by atoms with E-state index in [-0.39, 0.29) is 17.5 Å². The van der Waals surface area contributed by atoms with Crippen molar-refractivity contribution in [1.29, 1.82) is 0 Å². The molecule has 1 saturated carbocycles. The Bertz CT molecular complexity index is 1310. The monoisotopic (exact) mass is 476 g/mol. The molecule has 2 aliphatic rings. The highest BCUT2D eigenvalue weighted by Gasteiger charge is 2.46. The number of nitrogens with zero attached hydrogens (tertiary/aromatic N) is 1. The molecule has 5 nitrogen and oxygen atoms in total. The van der Waals surface area contributed by atoms with Crippen LogP contribution in [0.1, 0.15) is 36.3 Å². The summed E-state index contributed by atoms with van der Waals surface area (Å²) in [6, 6.07) is 12.3. The third kappa shape index (κ3) is 4.05. The standard InChI is InChI=1S/C27H25FN2O3S/c1-16-5-2-10-22-23(16)29-26(34-22)30-27(24(31)20-8-4-9-21(20)25(32)33)13-11-17(12-14-27)18-6-3-7-19(28)15-18/h2-3,5-7,10-15,17,20-21H,4,8-9H2,1H3,(H,29,30)(H,32,33)/t17?,20-,21-,27?/m1/s1. The molecule has 0 radical (unpaired) electrons. The van der Waals surface area contributed by atoms with Crippen LogP contribution in [0.2, 0.25) is 0 Å². The number of carbonyl (C=O) groups is 2. The summed E-state index contributed by atoms with van der Waals surface area (Å²) in [5.41, 5.74) is 1.50. The number of rotatable bonds is 6. The maximum absolute atomic E-state index is 13.9. The van der Waals surface area contributed by atoms with Crippen LogP contribution in [-0.4, -0.2) is 27.4 Å². The first-order valence-electron chi connectivity index (χ1n) is 11.4. The number of aliphatic carboxylic acids is 1. The summed E-state index contributed by atoms with van der Waals surface area (Å²) >= 11 is 1.46. The predicted molar refractivity (Wildman–Crippen MR) is 132 cm³/mol. The highest BCUT2D eigenvalue weighted by molar-refractivity contribution is 7.22. The number of halogens is 1. The van der Waals surface area contributed by atoms with Crippen LogP contribution in [0.3, 0.4) is 0 Å². The van der Waals surface area contributed by atoms with Crippen LogP contribution in [0.15, 0.2) is 66.8 Å². The molecule has 2 aliphatic carbocycles. The molecule has 1 aromatic heterocycles. The first-order valence-corrected chi connectivity index (χ1v) is 12.2. The van der Waals surface area contributed by atoms with Crippen molar-refractivity contribution < 1.29 is 19.1 Å². The third-order valence-electron chi connectivity index (χ3n) is 6.88. The number of carboxylic acid groups (broad SMARTS) is 1. The van der Waals surface area contributed by atoms with Crippen molar-refractivity contribution in [3.8, 4) is 0 Å². The molecule has 0 saturated heterocycles. The van der Waals surface area contributed by atoms with Gasteiger partial charge in [-0.3, -0.25) is 9.59 Å². The second kappa shape index (κ2) is 8.80. The van der Waals surface area contributed by atoms with Crippen molar-refractivity contribution in [3.63, 3.8) is 0 Å². The van der Waals surface area contributed by atoms with Gasteiger partial charge in [-0.2, -0.15) is 0 Å². The fraction of sp³-hybridized carbons (Fsp3) is 0.296. The van der Waals surface area contributed by atoms with E-state index in [1.165, 1.54) is 23.5 Å². The van der Waals surface area contributed by atoms with Gasteiger partial charge in [0, 0.05) is 11.8 Å². The maximum Gasteiger partial charge on any atom is 0.307 e. The third-order valence-corrected chi connectivity index (χ3v) is 7.81. The highest BCUT2D eigenvalue weighted by atomic mass is 32.1. The van der Waals surface area contributed by atoms with Gasteiger partial charge in [0.05, 0.1) is 16.1 Å². The predicted octanol–water partition coefficient (Wildman–Crippen LogP) is 5.87. The summed E-state index contributed by atoms with van der Waals surface area (Å²) in [6.07, 6.45) is 9.10. The lowest BCUT2D eigenvalue weighted by Crippen LogP contribution is -2.48. The topological polar surface area (TPSA) is 79.3 Å². The number of anilines is 1. The van der Waals surface area contributed by atoms with Crippen molar-refractivity contribution in [2.24, 2.45) is 11.8 Å². The highest BCUT2D eigenvalue weighted by Crippen LogP contribution is 2.40. The average molecular weight is 477 g/mol. The van der Waals surface area contributed by atoms with Gasteiger partial charge < -0.3 is 10.4 Å². The lowest BCUT2D eigenvalue weighted by molar-refractivity contribution is -0.146. The van der Waals surface area contributed by atoms with Crippen LogP contribution in [0.5, 0.6) is 0 Å². The smallest absolute Gasteiger partial charge is 0.307 e. The number of aromatic nitrogens is 1.